The summed E-state index contributed by atoms with van der Waals surface area (Å²) >= 11 is 0. The predicted octanol–water partition coefficient (Wildman–Crippen LogP) is 5.06. The molecule has 0 saturated carbocycles. The van der Waals surface area contributed by atoms with E-state index < -0.39 is 5.97 Å². The largest absolute Gasteiger partial charge is 0.497 e. The number of anilines is 1. The maximum atomic E-state index is 12.5. The molecule has 2 aromatic heterocycles. The Balaban J connectivity index is 1.66. The zero-order chi connectivity index (χ0) is 22.2. The monoisotopic (exact) mass is 427 g/mol. The van der Waals surface area contributed by atoms with E-state index in [4.69, 9.17) is 14.5 Å². The van der Waals surface area contributed by atoms with Crippen LogP contribution in [0, 0.1) is 5.92 Å². The average molecular weight is 428 g/mol. The summed E-state index contributed by atoms with van der Waals surface area (Å²) in [5, 5.41) is 5.93. The minimum absolute atomic E-state index is 0.0187. The standard InChI is InChI=1S/C26H25N3O3/c1-26(2)17-11-14(31-3)9-10-19(17)27-22-18(26)13-29-21-8-6-5-7-15(21)16-12-20(25(30)32-4)28-23(22)24(16)29/h5-12,18,22,27H,13H2,1-4H3. The molecule has 0 spiro atoms. The van der Waals surface area contributed by atoms with Gasteiger partial charge in [0.25, 0.3) is 0 Å². The van der Waals surface area contributed by atoms with E-state index in [1.54, 1.807) is 7.11 Å². The van der Waals surface area contributed by atoms with Gasteiger partial charge >= 0.3 is 5.97 Å². The average Bonchev–Trinajstić information content (AvgIpc) is 3.13. The molecule has 2 aliphatic heterocycles. The van der Waals surface area contributed by atoms with Crippen molar-refractivity contribution >= 4 is 33.5 Å². The summed E-state index contributed by atoms with van der Waals surface area (Å²) in [5.41, 5.74) is 5.69. The lowest BCUT2D eigenvalue weighted by Gasteiger charge is -2.48. The fourth-order valence-electron chi connectivity index (χ4n) is 5.70. The van der Waals surface area contributed by atoms with Crippen molar-refractivity contribution in [3.8, 4) is 5.75 Å². The molecule has 0 fully saturated rings. The van der Waals surface area contributed by atoms with Gasteiger partial charge in [0.2, 0.25) is 0 Å². The Bertz CT molecular complexity index is 1420. The number of ether oxygens (including phenoxy) is 2. The molecule has 162 valence electrons. The van der Waals surface area contributed by atoms with E-state index in [0.717, 1.165) is 40.0 Å². The Morgan fingerprint density at radius 3 is 2.72 bits per heavy atom. The topological polar surface area (TPSA) is 65.4 Å². The zero-order valence-corrected chi connectivity index (χ0v) is 18.6. The highest BCUT2D eigenvalue weighted by molar-refractivity contribution is 6.11. The molecular formula is C26H25N3O3. The van der Waals surface area contributed by atoms with Crippen molar-refractivity contribution in [2.75, 3.05) is 19.5 Å². The number of fused-ring (bicyclic) bond motifs is 6. The van der Waals surface area contributed by atoms with Crippen LogP contribution in [0.4, 0.5) is 5.69 Å². The summed E-state index contributed by atoms with van der Waals surface area (Å²) in [6.07, 6.45) is 0. The van der Waals surface area contributed by atoms with Crippen molar-refractivity contribution < 1.29 is 14.3 Å². The molecule has 0 bridgehead atoms. The van der Waals surface area contributed by atoms with Crippen LogP contribution in [0.25, 0.3) is 21.8 Å². The van der Waals surface area contributed by atoms with Gasteiger partial charge in [0.15, 0.2) is 0 Å². The smallest absolute Gasteiger partial charge is 0.356 e. The third-order valence-corrected chi connectivity index (χ3v) is 7.40. The van der Waals surface area contributed by atoms with Gasteiger partial charge in [0.1, 0.15) is 11.4 Å². The number of hydrogen-bond acceptors (Lipinski definition) is 5. The molecule has 2 unspecified atom stereocenters. The highest BCUT2D eigenvalue weighted by Gasteiger charge is 2.47. The SMILES string of the molecule is COC(=O)c1cc2c3ccccc3n3c2c(n1)C1Nc2ccc(OC)cc2C(C)(C)C1C3. The van der Waals surface area contributed by atoms with E-state index in [2.05, 4.69) is 54.1 Å². The van der Waals surface area contributed by atoms with Gasteiger partial charge in [-0.1, -0.05) is 32.0 Å². The highest BCUT2D eigenvalue weighted by Crippen LogP contribution is 2.53. The van der Waals surface area contributed by atoms with Gasteiger partial charge in [-0.25, -0.2) is 9.78 Å². The summed E-state index contributed by atoms with van der Waals surface area (Å²) < 4.78 is 12.9. The minimum atomic E-state index is -0.415. The fourth-order valence-corrected chi connectivity index (χ4v) is 5.70. The van der Waals surface area contributed by atoms with Crippen molar-refractivity contribution in [3.05, 3.63) is 65.5 Å². The van der Waals surface area contributed by atoms with E-state index in [9.17, 15) is 4.79 Å². The number of carbonyl (C=O) groups is 1. The molecule has 2 aliphatic rings. The van der Waals surface area contributed by atoms with Crippen LogP contribution in [0.3, 0.4) is 0 Å². The Hall–Kier alpha value is -3.54. The minimum Gasteiger partial charge on any atom is -0.497 e. The normalized spacial score (nSPS) is 20.4. The molecule has 32 heavy (non-hydrogen) atoms. The number of benzene rings is 2. The van der Waals surface area contributed by atoms with Crippen LogP contribution >= 0.6 is 0 Å². The van der Waals surface area contributed by atoms with Crippen molar-refractivity contribution in [3.63, 3.8) is 0 Å². The number of para-hydroxylation sites is 1. The Morgan fingerprint density at radius 2 is 1.94 bits per heavy atom. The fraction of sp³-hybridized carbons (Fsp3) is 0.308. The van der Waals surface area contributed by atoms with Crippen molar-refractivity contribution in [2.45, 2.75) is 31.8 Å². The molecule has 0 aliphatic carbocycles. The maximum absolute atomic E-state index is 12.5. The number of nitrogens with one attached hydrogen (secondary N) is 1. The van der Waals surface area contributed by atoms with Gasteiger partial charge in [0.05, 0.1) is 31.5 Å². The van der Waals surface area contributed by atoms with Crippen LogP contribution in [0.1, 0.15) is 41.6 Å². The van der Waals surface area contributed by atoms with Crippen LogP contribution in [-0.2, 0) is 16.7 Å². The first-order chi connectivity index (χ1) is 15.4. The van der Waals surface area contributed by atoms with Crippen LogP contribution < -0.4 is 10.1 Å². The molecular weight excluding hydrogens is 402 g/mol. The number of hydrogen-bond donors (Lipinski definition) is 1. The summed E-state index contributed by atoms with van der Waals surface area (Å²) in [5.74, 6) is 0.671. The summed E-state index contributed by atoms with van der Waals surface area (Å²) in [7, 11) is 3.10. The lowest BCUT2D eigenvalue weighted by molar-refractivity contribution is 0.0593. The highest BCUT2D eigenvalue weighted by atomic mass is 16.5. The quantitative estimate of drug-likeness (QED) is 0.453. The maximum Gasteiger partial charge on any atom is 0.356 e. The van der Waals surface area contributed by atoms with E-state index in [-0.39, 0.29) is 17.4 Å². The van der Waals surface area contributed by atoms with Crippen molar-refractivity contribution in [2.24, 2.45) is 5.92 Å². The van der Waals surface area contributed by atoms with Crippen LogP contribution in [0.2, 0.25) is 0 Å². The Kier molecular flexibility index (Phi) is 3.88. The molecule has 2 aromatic carbocycles. The second-order valence-corrected chi connectivity index (χ2v) is 9.27. The van der Waals surface area contributed by atoms with Gasteiger partial charge in [0, 0.05) is 34.4 Å². The summed E-state index contributed by atoms with van der Waals surface area (Å²) in [4.78, 5) is 17.4. The molecule has 1 N–H and O–H groups in total. The second-order valence-electron chi connectivity index (χ2n) is 9.27. The van der Waals surface area contributed by atoms with E-state index in [0.29, 0.717) is 5.69 Å². The Morgan fingerprint density at radius 1 is 1.12 bits per heavy atom. The lowest BCUT2D eigenvalue weighted by Crippen LogP contribution is -2.45. The Labute approximate surface area is 186 Å². The molecule has 6 nitrogen and oxygen atoms in total. The molecule has 0 saturated heterocycles. The number of carbonyl (C=O) groups excluding carboxylic acids is 1. The number of aromatic nitrogens is 2. The molecule has 6 rings (SSSR count). The zero-order valence-electron chi connectivity index (χ0n) is 18.6. The van der Waals surface area contributed by atoms with Gasteiger partial charge in [-0.3, -0.25) is 0 Å². The number of nitrogens with zero attached hydrogens (tertiary/aromatic N) is 2. The van der Waals surface area contributed by atoms with Crippen LogP contribution in [0.15, 0.2) is 48.5 Å². The van der Waals surface area contributed by atoms with Gasteiger partial charge in [-0.15, -0.1) is 0 Å². The number of methoxy groups -OCH3 is 2. The second kappa shape index (κ2) is 6.48. The van der Waals surface area contributed by atoms with Crippen molar-refractivity contribution in [1.82, 2.24) is 9.55 Å². The molecule has 0 radical (unpaired) electrons. The van der Waals surface area contributed by atoms with Gasteiger partial charge < -0.3 is 19.4 Å². The molecule has 6 heteroatoms. The number of esters is 1. The first-order valence-corrected chi connectivity index (χ1v) is 10.9. The molecule has 4 aromatic rings. The lowest BCUT2D eigenvalue weighted by atomic mass is 9.65. The van der Waals surface area contributed by atoms with E-state index >= 15 is 0 Å². The number of pyridine rings is 1. The predicted molar refractivity (Wildman–Crippen MR) is 124 cm³/mol. The number of rotatable bonds is 2. The molecule has 0 amide bonds. The van der Waals surface area contributed by atoms with Crippen LogP contribution in [0.5, 0.6) is 5.75 Å². The first-order valence-electron chi connectivity index (χ1n) is 10.9. The van der Waals surface area contributed by atoms with Crippen LogP contribution in [-0.4, -0.2) is 29.7 Å². The van der Waals surface area contributed by atoms with Gasteiger partial charge in [-0.2, -0.15) is 0 Å². The van der Waals surface area contributed by atoms with E-state index in [1.807, 2.05) is 18.2 Å². The molecule has 4 heterocycles. The third-order valence-electron chi connectivity index (χ3n) is 7.40. The van der Waals surface area contributed by atoms with Crippen molar-refractivity contribution in [1.29, 1.82) is 0 Å². The van der Waals surface area contributed by atoms with Gasteiger partial charge in [-0.05, 0) is 41.3 Å². The molecule has 2 atom stereocenters. The van der Waals surface area contributed by atoms with E-state index in [1.165, 1.54) is 18.2 Å². The summed E-state index contributed by atoms with van der Waals surface area (Å²) in [6.45, 7) is 5.45. The summed E-state index contributed by atoms with van der Waals surface area (Å²) in [6, 6.07) is 16.4. The first kappa shape index (κ1) is 19.2. The third kappa shape index (κ3) is 2.40.